The van der Waals surface area contributed by atoms with Gasteiger partial charge in [-0.3, -0.25) is 9.97 Å². The lowest BCUT2D eigenvalue weighted by Crippen LogP contribution is -2.26. The van der Waals surface area contributed by atoms with Crippen LogP contribution < -0.4 is 5.32 Å². The molecule has 0 radical (unpaired) electrons. The molecule has 0 fully saturated rings. The van der Waals surface area contributed by atoms with Crippen LogP contribution in [0.3, 0.4) is 0 Å². The Bertz CT molecular complexity index is 471. The van der Waals surface area contributed by atoms with Crippen LogP contribution in [0.4, 0.5) is 5.69 Å². The predicted molar refractivity (Wildman–Crippen MR) is 62.9 cm³/mol. The van der Waals surface area contributed by atoms with Gasteiger partial charge in [-0.2, -0.15) is 0 Å². The first-order valence-corrected chi connectivity index (χ1v) is 5.03. The first-order chi connectivity index (χ1) is 7.04. The van der Waals surface area contributed by atoms with Crippen LogP contribution in [0.5, 0.6) is 0 Å². The molecule has 3 heteroatoms. The normalized spacial score (nSPS) is 11.7. The number of rotatable bonds is 1. The molecule has 0 aliphatic rings. The summed E-state index contributed by atoms with van der Waals surface area (Å²) in [6, 6.07) is 5.88. The maximum atomic E-state index is 4.34. The highest BCUT2D eigenvalue weighted by atomic mass is 15.0. The second kappa shape index (κ2) is 3.50. The quantitative estimate of drug-likeness (QED) is 0.771. The van der Waals surface area contributed by atoms with Crippen molar-refractivity contribution in [1.82, 2.24) is 9.97 Å². The van der Waals surface area contributed by atoms with Gasteiger partial charge in [0.05, 0.1) is 22.9 Å². The number of nitrogens with zero attached hydrogens (tertiary/aromatic N) is 2. The number of aromatic nitrogens is 2. The molecule has 0 bridgehead atoms. The Labute approximate surface area is 89.6 Å². The molecule has 0 aliphatic carbocycles. The SMILES string of the molecule is CC(C)(C)Nc1cnc2cccnc2c1. The number of anilines is 1. The monoisotopic (exact) mass is 201 g/mol. The summed E-state index contributed by atoms with van der Waals surface area (Å²) in [5.41, 5.74) is 2.90. The zero-order valence-electron chi connectivity index (χ0n) is 9.28. The van der Waals surface area contributed by atoms with E-state index in [1.54, 1.807) is 6.20 Å². The first kappa shape index (κ1) is 9.90. The van der Waals surface area contributed by atoms with Crippen LogP contribution in [0, 0.1) is 0 Å². The average molecular weight is 201 g/mol. The Morgan fingerprint density at radius 2 is 1.93 bits per heavy atom. The molecule has 0 atom stereocenters. The van der Waals surface area contributed by atoms with Gasteiger partial charge >= 0.3 is 0 Å². The van der Waals surface area contributed by atoms with Crippen LogP contribution >= 0.6 is 0 Å². The van der Waals surface area contributed by atoms with Gasteiger partial charge in [0.2, 0.25) is 0 Å². The molecule has 2 rings (SSSR count). The lowest BCUT2D eigenvalue weighted by atomic mass is 10.1. The molecule has 0 saturated carbocycles. The fraction of sp³-hybridized carbons (Fsp3) is 0.333. The van der Waals surface area contributed by atoms with Gasteiger partial charge in [-0.05, 0) is 39.0 Å². The molecule has 0 aromatic carbocycles. The standard InChI is InChI=1S/C12H15N3/c1-12(2,3)15-9-7-11-10(14-8-9)5-4-6-13-11/h4-8,15H,1-3H3. The second-order valence-corrected chi connectivity index (χ2v) is 4.64. The number of hydrogen-bond acceptors (Lipinski definition) is 3. The molecule has 0 amide bonds. The van der Waals surface area contributed by atoms with E-state index in [9.17, 15) is 0 Å². The van der Waals surface area contributed by atoms with E-state index in [-0.39, 0.29) is 5.54 Å². The molecule has 2 aromatic rings. The van der Waals surface area contributed by atoms with Crippen molar-refractivity contribution in [2.45, 2.75) is 26.3 Å². The Balaban J connectivity index is 2.39. The first-order valence-electron chi connectivity index (χ1n) is 5.03. The molecule has 78 valence electrons. The van der Waals surface area contributed by atoms with Gasteiger partial charge < -0.3 is 5.32 Å². The fourth-order valence-electron chi connectivity index (χ4n) is 1.45. The molecule has 0 unspecified atom stereocenters. The van der Waals surface area contributed by atoms with Crippen LogP contribution in [0.15, 0.2) is 30.6 Å². The van der Waals surface area contributed by atoms with Crippen molar-refractivity contribution >= 4 is 16.7 Å². The molecule has 2 heterocycles. The summed E-state index contributed by atoms with van der Waals surface area (Å²) in [6.45, 7) is 6.36. The van der Waals surface area contributed by atoms with E-state index in [0.717, 1.165) is 16.7 Å². The van der Waals surface area contributed by atoms with E-state index in [0.29, 0.717) is 0 Å². The van der Waals surface area contributed by atoms with Crippen LogP contribution in [0.1, 0.15) is 20.8 Å². The minimum atomic E-state index is 0.0458. The van der Waals surface area contributed by atoms with Crippen molar-refractivity contribution in [2.75, 3.05) is 5.32 Å². The third kappa shape index (κ3) is 2.43. The number of fused-ring (bicyclic) bond motifs is 1. The highest BCUT2D eigenvalue weighted by Gasteiger charge is 2.09. The second-order valence-electron chi connectivity index (χ2n) is 4.64. The maximum Gasteiger partial charge on any atom is 0.0907 e. The smallest absolute Gasteiger partial charge is 0.0907 e. The summed E-state index contributed by atoms with van der Waals surface area (Å²) in [5, 5.41) is 3.37. The van der Waals surface area contributed by atoms with Gasteiger partial charge in [0.15, 0.2) is 0 Å². The predicted octanol–water partition coefficient (Wildman–Crippen LogP) is 2.84. The number of nitrogens with one attached hydrogen (secondary N) is 1. The summed E-state index contributed by atoms with van der Waals surface area (Å²) in [4.78, 5) is 8.61. The molecular weight excluding hydrogens is 186 g/mol. The lowest BCUT2D eigenvalue weighted by molar-refractivity contribution is 0.634. The molecule has 0 aliphatic heterocycles. The van der Waals surface area contributed by atoms with Gasteiger partial charge in [0, 0.05) is 11.7 Å². The van der Waals surface area contributed by atoms with Crippen molar-refractivity contribution in [3.8, 4) is 0 Å². The summed E-state index contributed by atoms with van der Waals surface area (Å²) >= 11 is 0. The Morgan fingerprint density at radius 3 is 2.67 bits per heavy atom. The topological polar surface area (TPSA) is 37.8 Å². The molecule has 1 N–H and O–H groups in total. The summed E-state index contributed by atoms with van der Waals surface area (Å²) < 4.78 is 0. The van der Waals surface area contributed by atoms with E-state index in [2.05, 4.69) is 36.1 Å². The third-order valence-electron chi connectivity index (χ3n) is 1.97. The summed E-state index contributed by atoms with van der Waals surface area (Å²) in [7, 11) is 0. The Hall–Kier alpha value is -1.64. The lowest BCUT2D eigenvalue weighted by Gasteiger charge is -2.21. The molecular formula is C12H15N3. The maximum absolute atomic E-state index is 4.34. The molecule has 0 saturated heterocycles. The van der Waals surface area contributed by atoms with E-state index in [1.807, 2.05) is 24.4 Å². The van der Waals surface area contributed by atoms with Crippen molar-refractivity contribution in [3.05, 3.63) is 30.6 Å². The van der Waals surface area contributed by atoms with Crippen molar-refractivity contribution in [3.63, 3.8) is 0 Å². The molecule has 3 nitrogen and oxygen atoms in total. The Kier molecular flexibility index (Phi) is 2.31. The van der Waals surface area contributed by atoms with Crippen LogP contribution in [0.25, 0.3) is 11.0 Å². The van der Waals surface area contributed by atoms with Gasteiger partial charge in [0.1, 0.15) is 0 Å². The van der Waals surface area contributed by atoms with Crippen molar-refractivity contribution in [2.24, 2.45) is 0 Å². The van der Waals surface area contributed by atoms with Gasteiger partial charge in [-0.1, -0.05) is 0 Å². The van der Waals surface area contributed by atoms with E-state index < -0.39 is 0 Å². The Morgan fingerprint density at radius 1 is 1.13 bits per heavy atom. The number of pyridine rings is 2. The minimum absolute atomic E-state index is 0.0458. The third-order valence-corrected chi connectivity index (χ3v) is 1.97. The van der Waals surface area contributed by atoms with Crippen LogP contribution in [-0.2, 0) is 0 Å². The number of hydrogen-bond donors (Lipinski definition) is 1. The molecule has 2 aromatic heterocycles. The zero-order chi connectivity index (χ0) is 10.9. The van der Waals surface area contributed by atoms with Crippen LogP contribution in [0.2, 0.25) is 0 Å². The largest absolute Gasteiger partial charge is 0.379 e. The fourth-order valence-corrected chi connectivity index (χ4v) is 1.45. The molecule has 0 spiro atoms. The van der Waals surface area contributed by atoms with Gasteiger partial charge in [-0.25, -0.2) is 0 Å². The zero-order valence-corrected chi connectivity index (χ0v) is 9.28. The molecule has 15 heavy (non-hydrogen) atoms. The van der Waals surface area contributed by atoms with Crippen molar-refractivity contribution < 1.29 is 0 Å². The van der Waals surface area contributed by atoms with Gasteiger partial charge in [0.25, 0.3) is 0 Å². The average Bonchev–Trinajstić information content (AvgIpc) is 2.15. The highest BCUT2D eigenvalue weighted by molar-refractivity contribution is 5.77. The van der Waals surface area contributed by atoms with E-state index in [4.69, 9.17) is 0 Å². The van der Waals surface area contributed by atoms with E-state index >= 15 is 0 Å². The van der Waals surface area contributed by atoms with Crippen LogP contribution in [-0.4, -0.2) is 15.5 Å². The van der Waals surface area contributed by atoms with Crippen molar-refractivity contribution in [1.29, 1.82) is 0 Å². The highest BCUT2D eigenvalue weighted by Crippen LogP contribution is 2.17. The van der Waals surface area contributed by atoms with Gasteiger partial charge in [-0.15, -0.1) is 0 Å². The summed E-state index contributed by atoms with van der Waals surface area (Å²) in [6.07, 6.45) is 3.63. The van der Waals surface area contributed by atoms with E-state index in [1.165, 1.54) is 0 Å². The summed E-state index contributed by atoms with van der Waals surface area (Å²) in [5.74, 6) is 0. The minimum Gasteiger partial charge on any atom is -0.379 e.